The lowest BCUT2D eigenvalue weighted by Gasteiger charge is -2.09. The fourth-order valence-corrected chi connectivity index (χ4v) is 1.52. The van der Waals surface area contributed by atoms with Crippen LogP contribution in [-0.2, 0) is 0 Å². The number of nitrogens with one attached hydrogen (secondary N) is 1. The number of carboxylic acids is 1. The normalized spacial score (nSPS) is 11.8. The van der Waals surface area contributed by atoms with Gasteiger partial charge in [-0.2, -0.15) is 0 Å². The van der Waals surface area contributed by atoms with Crippen molar-refractivity contribution in [1.29, 1.82) is 0 Å². The maximum absolute atomic E-state index is 11.7. The van der Waals surface area contributed by atoms with Crippen molar-refractivity contribution in [3.8, 4) is 0 Å². The van der Waals surface area contributed by atoms with Crippen LogP contribution in [-0.4, -0.2) is 33.6 Å². The Kier molecular flexibility index (Phi) is 4.11. The standard InChI is InChI=1S/C13H12N2O5/c16-10(11-2-1-5-20-11)7-15-12(17)9-4-3-8(6-14-9)13(18)19/h1-6,10,16H,7H2,(H,15,17)(H,18,19). The summed E-state index contributed by atoms with van der Waals surface area (Å²) >= 11 is 0. The molecule has 0 aromatic carbocycles. The van der Waals surface area contributed by atoms with E-state index in [-0.39, 0.29) is 17.8 Å². The zero-order chi connectivity index (χ0) is 14.5. The van der Waals surface area contributed by atoms with Crippen molar-refractivity contribution in [1.82, 2.24) is 10.3 Å². The van der Waals surface area contributed by atoms with E-state index in [1.807, 2.05) is 0 Å². The van der Waals surface area contributed by atoms with Crippen molar-refractivity contribution in [2.75, 3.05) is 6.54 Å². The number of amides is 1. The van der Waals surface area contributed by atoms with Gasteiger partial charge in [0.1, 0.15) is 17.6 Å². The van der Waals surface area contributed by atoms with Crippen molar-refractivity contribution in [3.63, 3.8) is 0 Å². The molecule has 0 spiro atoms. The number of aliphatic hydroxyl groups is 1. The Bertz CT molecular complexity index is 592. The van der Waals surface area contributed by atoms with Crippen molar-refractivity contribution in [3.05, 3.63) is 53.7 Å². The van der Waals surface area contributed by atoms with Gasteiger partial charge in [0, 0.05) is 6.20 Å². The summed E-state index contributed by atoms with van der Waals surface area (Å²) in [5.74, 6) is -1.27. The number of carbonyl (C=O) groups excluding carboxylic acids is 1. The highest BCUT2D eigenvalue weighted by molar-refractivity contribution is 5.93. The second-order valence-corrected chi connectivity index (χ2v) is 3.98. The number of hydrogen-bond donors (Lipinski definition) is 3. The molecule has 20 heavy (non-hydrogen) atoms. The molecule has 2 rings (SSSR count). The second-order valence-electron chi connectivity index (χ2n) is 3.98. The highest BCUT2D eigenvalue weighted by atomic mass is 16.4. The van der Waals surface area contributed by atoms with E-state index in [2.05, 4.69) is 10.3 Å². The molecule has 2 aromatic rings. The van der Waals surface area contributed by atoms with Gasteiger partial charge < -0.3 is 19.9 Å². The van der Waals surface area contributed by atoms with Gasteiger partial charge in [0.2, 0.25) is 0 Å². The van der Waals surface area contributed by atoms with Crippen molar-refractivity contribution < 1.29 is 24.2 Å². The Morgan fingerprint density at radius 3 is 2.70 bits per heavy atom. The van der Waals surface area contributed by atoms with Gasteiger partial charge >= 0.3 is 5.97 Å². The Morgan fingerprint density at radius 2 is 2.15 bits per heavy atom. The molecule has 0 saturated carbocycles. The zero-order valence-electron chi connectivity index (χ0n) is 10.3. The zero-order valence-corrected chi connectivity index (χ0v) is 10.3. The topological polar surface area (TPSA) is 113 Å². The van der Waals surface area contributed by atoms with E-state index in [1.165, 1.54) is 18.4 Å². The third-order valence-corrected chi connectivity index (χ3v) is 2.57. The van der Waals surface area contributed by atoms with Crippen LogP contribution in [0.1, 0.15) is 32.7 Å². The van der Waals surface area contributed by atoms with Crippen LogP contribution in [0.3, 0.4) is 0 Å². The number of furan rings is 1. The highest BCUT2D eigenvalue weighted by Crippen LogP contribution is 2.11. The number of carbonyl (C=O) groups is 2. The van der Waals surface area contributed by atoms with Crippen LogP contribution in [0.2, 0.25) is 0 Å². The Hall–Kier alpha value is -2.67. The largest absolute Gasteiger partial charge is 0.478 e. The van der Waals surface area contributed by atoms with Gasteiger partial charge in [-0.3, -0.25) is 9.78 Å². The average Bonchev–Trinajstić information content (AvgIpc) is 2.98. The Balaban J connectivity index is 1.93. The molecule has 0 aliphatic heterocycles. The summed E-state index contributed by atoms with van der Waals surface area (Å²) in [4.78, 5) is 26.1. The molecular weight excluding hydrogens is 264 g/mol. The third-order valence-electron chi connectivity index (χ3n) is 2.57. The first-order valence-corrected chi connectivity index (χ1v) is 5.77. The number of aromatic nitrogens is 1. The number of aromatic carboxylic acids is 1. The molecular formula is C13H12N2O5. The van der Waals surface area contributed by atoms with Gasteiger partial charge in [0.15, 0.2) is 0 Å². The molecule has 7 nitrogen and oxygen atoms in total. The number of rotatable bonds is 5. The molecule has 2 aromatic heterocycles. The maximum Gasteiger partial charge on any atom is 0.337 e. The summed E-state index contributed by atoms with van der Waals surface area (Å²) in [5.41, 5.74) is 0.0683. The van der Waals surface area contributed by atoms with Crippen LogP contribution in [0.4, 0.5) is 0 Å². The summed E-state index contributed by atoms with van der Waals surface area (Å²) in [5, 5.41) is 20.9. The third kappa shape index (κ3) is 3.21. The van der Waals surface area contributed by atoms with Crippen molar-refractivity contribution in [2.45, 2.75) is 6.10 Å². The SMILES string of the molecule is O=C(O)c1ccc(C(=O)NCC(O)c2ccco2)nc1. The predicted octanol–water partition coefficient (Wildman–Crippen LogP) is 0.836. The molecule has 0 bridgehead atoms. The Morgan fingerprint density at radius 1 is 1.35 bits per heavy atom. The minimum Gasteiger partial charge on any atom is -0.478 e. The fraction of sp³-hybridized carbons (Fsp3) is 0.154. The minimum absolute atomic E-state index is 0.00262. The molecule has 3 N–H and O–H groups in total. The predicted molar refractivity (Wildman–Crippen MR) is 67.2 cm³/mol. The number of hydrogen-bond acceptors (Lipinski definition) is 5. The first-order valence-electron chi connectivity index (χ1n) is 5.77. The van der Waals surface area contributed by atoms with Gasteiger partial charge in [-0.15, -0.1) is 0 Å². The molecule has 0 aliphatic carbocycles. The van der Waals surface area contributed by atoms with E-state index in [0.29, 0.717) is 5.76 Å². The molecule has 0 aliphatic rings. The summed E-state index contributed by atoms with van der Waals surface area (Å²) in [6.07, 6.45) is 1.57. The fourth-order valence-electron chi connectivity index (χ4n) is 1.52. The van der Waals surface area contributed by atoms with Gasteiger partial charge in [-0.05, 0) is 24.3 Å². The first-order chi connectivity index (χ1) is 9.58. The molecule has 1 amide bonds. The van der Waals surface area contributed by atoms with Gasteiger partial charge in [-0.1, -0.05) is 0 Å². The van der Waals surface area contributed by atoms with Crippen LogP contribution >= 0.6 is 0 Å². The van der Waals surface area contributed by atoms with Crippen LogP contribution < -0.4 is 5.32 Å². The van der Waals surface area contributed by atoms with Crippen molar-refractivity contribution in [2.24, 2.45) is 0 Å². The minimum atomic E-state index is -1.11. The highest BCUT2D eigenvalue weighted by Gasteiger charge is 2.14. The van der Waals surface area contributed by atoms with E-state index in [9.17, 15) is 14.7 Å². The molecule has 104 valence electrons. The molecule has 7 heteroatoms. The van der Waals surface area contributed by atoms with Gasteiger partial charge in [-0.25, -0.2) is 4.79 Å². The lowest BCUT2D eigenvalue weighted by molar-refractivity contribution is 0.0695. The lowest BCUT2D eigenvalue weighted by Crippen LogP contribution is -2.29. The molecule has 2 heterocycles. The van der Waals surface area contributed by atoms with E-state index in [1.54, 1.807) is 12.1 Å². The smallest absolute Gasteiger partial charge is 0.337 e. The van der Waals surface area contributed by atoms with E-state index in [4.69, 9.17) is 9.52 Å². The summed E-state index contributed by atoms with van der Waals surface area (Å²) in [6, 6.07) is 5.81. The number of nitrogens with zero attached hydrogens (tertiary/aromatic N) is 1. The molecule has 1 atom stereocenters. The molecule has 0 saturated heterocycles. The lowest BCUT2D eigenvalue weighted by atomic mass is 10.2. The molecule has 0 fully saturated rings. The van der Waals surface area contributed by atoms with Crippen molar-refractivity contribution >= 4 is 11.9 Å². The average molecular weight is 276 g/mol. The summed E-state index contributed by atoms with van der Waals surface area (Å²) in [6.45, 7) is -0.0330. The number of pyridine rings is 1. The van der Waals surface area contributed by atoms with Gasteiger partial charge in [0.05, 0.1) is 18.4 Å². The van der Waals surface area contributed by atoms with E-state index < -0.39 is 18.0 Å². The number of carboxylic acid groups (broad SMARTS) is 1. The summed E-state index contributed by atoms with van der Waals surface area (Å²) < 4.78 is 4.99. The van der Waals surface area contributed by atoms with E-state index >= 15 is 0 Å². The Labute approximate surface area is 113 Å². The summed E-state index contributed by atoms with van der Waals surface area (Å²) in [7, 11) is 0. The van der Waals surface area contributed by atoms with E-state index in [0.717, 1.165) is 6.20 Å². The quantitative estimate of drug-likeness (QED) is 0.745. The van der Waals surface area contributed by atoms with Gasteiger partial charge in [0.25, 0.3) is 5.91 Å². The van der Waals surface area contributed by atoms with Crippen LogP contribution in [0.15, 0.2) is 41.1 Å². The maximum atomic E-state index is 11.7. The molecule has 1 unspecified atom stereocenters. The monoisotopic (exact) mass is 276 g/mol. The van der Waals surface area contributed by atoms with Crippen LogP contribution in [0, 0.1) is 0 Å². The van der Waals surface area contributed by atoms with Crippen LogP contribution in [0.5, 0.6) is 0 Å². The first kappa shape index (κ1) is 13.8. The van der Waals surface area contributed by atoms with Crippen LogP contribution in [0.25, 0.3) is 0 Å². The number of aliphatic hydroxyl groups excluding tert-OH is 1. The second kappa shape index (κ2) is 5.98. The molecule has 0 radical (unpaired) electrons.